The molecule has 0 aromatic heterocycles. The van der Waals surface area contributed by atoms with Gasteiger partial charge in [-0.25, -0.2) is 0 Å². The van der Waals surface area contributed by atoms with Crippen molar-refractivity contribution in [2.75, 3.05) is 25.2 Å². The van der Waals surface area contributed by atoms with E-state index in [-0.39, 0.29) is 36.9 Å². The SMILES string of the molecule is COc1ccccc1OCC(=O)c1ccc2c(c1)N([C@H](C)C(=O)N[C@@H](C)c1ccccc1)C(=O)CO2. The summed E-state index contributed by atoms with van der Waals surface area (Å²) in [6.45, 7) is 3.12. The maximum absolute atomic E-state index is 13.1. The van der Waals surface area contributed by atoms with E-state index < -0.39 is 6.04 Å². The van der Waals surface area contributed by atoms with Crippen molar-refractivity contribution in [1.82, 2.24) is 5.32 Å². The van der Waals surface area contributed by atoms with Crippen molar-refractivity contribution in [2.24, 2.45) is 0 Å². The lowest BCUT2D eigenvalue weighted by atomic mass is 10.1. The zero-order valence-electron chi connectivity index (χ0n) is 20.4. The summed E-state index contributed by atoms with van der Waals surface area (Å²) >= 11 is 0. The fourth-order valence-electron chi connectivity index (χ4n) is 4.01. The highest BCUT2D eigenvalue weighted by molar-refractivity contribution is 6.06. The number of Topliss-reactive ketones (excluding diaryl/α,β-unsaturated/α-hetero) is 1. The number of rotatable bonds is 9. The van der Waals surface area contributed by atoms with Crippen LogP contribution in [0.15, 0.2) is 72.8 Å². The number of fused-ring (bicyclic) bond motifs is 1. The van der Waals surface area contributed by atoms with Gasteiger partial charge in [-0.1, -0.05) is 42.5 Å². The van der Waals surface area contributed by atoms with Crippen LogP contribution in [-0.2, 0) is 9.59 Å². The van der Waals surface area contributed by atoms with E-state index in [4.69, 9.17) is 14.2 Å². The van der Waals surface area contributed by atoms with Crippen molar-refractivity contribution in [2.45, 2.75) is 25.9 Å². The van der Waals surface area contributed by atoms with Crippen LogP contribution in [0.25, 0.3) is 0 Å². The van der Waals surface area contributed by atoms with Gasteiger partial charge in [-0.3, -0.25) is 19.3 Å². The van der Waals surface area contributed by atoms with Gasteiger partial charge in [0.2, 0.25) is 5.91 Å². The second-order valence-corrected chi connectivity index (χ2v) is 8.41. The van der Waals surface area contributed by atoms with Crippen molar-refractivity contribution in [3.05, 3.63) is 83.9 Å². The number of nitrogens with one attached hydrogen (secondary N) is 1. The number of hydrogen-bond donors (Lipinski definition) is 1. The van der Waals surface area contributed by atoms with E-state index in [1.807, 2.05) is 37.3 Å². The molecule has 8 heteroatoms. The molecular weight excluding hydrogens is 460 g/mol. The Morgan fingerprint density at radius 1 is 1.00 bits per heavy atom. The van der Waals surface area contributed by atoms with Gasteiger partial charge in [0.15, 0.2) is 30.5 Å². The molecule has 1 N–H and O–H groups in total. The van der Waals surface area contributed by atoms with Crippen molar-refractivity contribution in [3.8, 4) is 17.2 Å². The van der Waals surface area contributed by atoms with Crippen molar-refractivity contribution in [1.29, 1.82) is 0 Å². The Kier molecular flexibility index (Phi) is 7.53. The molecule has 4 rings (SSSR count). The van der Waals surface area contributed by atoms with Crippen LogP contribution in [0.3, 0.4) is 0 Å². The van der Waals surface area contributed by atoms with E-state index in [0.717, 1.165) is 5.56 Å². The molecule has 0 bridgehead atoms. The standard InChI is InChI=1S/C28H28N2O6/c1-18(20-9-5-4-6-10-20)29-28(33)19(2)30-22-15-21(13-14-24(22)36-17-27(30)32)23(31)16-35-26-12-8-7-11-25(26)34-3/h4-15,18-19H,16-17H2,1-3H3,(H,29,33)/t18-,19+/m0/s1. The molecule has 0 fully saturated rings. The third-order valence-corrected chi connectivity index (χ3v) is 6.01. The van der Waals surface area contributed by atoms with E-state index >= 15 is 0 Å². The smallest absolute Gasteiger partial charge is 0.265 e. The minimum Gasteiger partial charge on any atom is -0.493 e. The Labute approximate surface area is 209 Å². The first-order chi connectivity index (χ1) is 17.4. The molecule has 3 aromatic rings. The summed E-state index contributed by atoms with van der Waals surface area (Å²) in [5, 5.41) is 2.96. The van der Waals surface area contributed by atoms with E-state index in [1.165, 1.54) is 12.0 Å². The number of carbonyl (C=O) groups is 3. The number of amides is 2. The normalized spacial score (nSPS) is 14.2. The molecule has 0 aliphatic carbocycles. The van der Waals surface area contributed by atoms with Gasteiger partial charge >= 0.3 is 0 Å². The maximum atomic E-state index is 13.1. The molecule has 1 aliphatic heterocycles. The Morgan fingerprint density at radius 3 is 2.42 bits per heavy atom. The van der Waals surface area contributed by atoms with Gasteiger partial charge in [-0.2, -0.15) is 0 Å². The minimum atomic E-state index is -0.818. The Hall–Kier alpha value is -4.33. The van der Waals surface area contributed by atoms with Gasteiger partial charge in [-0.05, 0) is 49.7 Å². The first-order valence-corrected chi connectivity index (χ1v) is 11.6. The largest absolute Gasteiger partial charge is 0.493 e. The highest BCUT2D eigenvalue weighted by Gasteiger charge is 2.34. The van der Waals surface area contributed by atoms with Gasteiger partial charge in [0.1, 0.15) is 11.8 Å². The average Bonchev–Trinajstić information content (AvgIpc) is 2.91. The van der Waals surface area contributed by atoms with E-state index in [1.54, 1.807) is 49.4 Å². The number of methoxy groups -OCH3 is 1. The fourth-order valence-corrected chi connectivity index (χ4v) is 4.01. The molecule has 1 heterocycles. The van der Waals surface area contributed by atoms with Gasteiger partial charge in [0.25, 0.3) is 5.91 Å². The minimum absolute atomic E-state index is 0.191. The van der Waals surface area contributed by atoms with Crippen LogP contribution >= 0.6 is 0 Å². The molecule has 2 atom stereocenters. The monoisotopic (exact) mass is 488 g/mol. The number of para-hydroxylation sites is 2. The zero-order chi connectivity index (χ0) is 25.7. The molecule has 8 nitrogen and oxygen atoms in total. The molecule has 3 aromatic carbocycles. The summed E-state index contributed by atoms with van der Waals surface area (Å²) in [6, 6.07) is 20.4. The molecule has 186 valence electrons. The quantitative estimate of drug-likeness (QED) is 0.459. The number of anilines is 1. The molecule has 0 saturated heterocycles. The number of ether oxygens (including phenoxy) is 3. The lowest BCUT2D eigenvalue weighted by Crippen LogP contribution is -2.51. The Morgan fingerprint density at radius 2 is 1.69 bits per heavy atom. The molecular formula is C28H28N2O6. The number of carbonyl (C=O) groups excluding carboxylic acids is 3. The topological polar surface area (TPSA) is 94.2 Å². The van der Waals surface area contributed by atoms with Crippen LogP contribution in [0.4, 0.5) is 5.69 Å². The highest BCUT2D eigenvalue weighted by Crippen LogP contribution is 2.35. The van der Waals surface area contributed by atoms with Gasteiger partial charge in [0.05, 0.1) is 18.8 Å². The van der Waals surface area contributed by atoms with Crippen LogP contribution in [0, 0.1) is 0 Å². The molecule has 36 heavy (non-hydrogen) atoms. The molecule has 0 spiro atoms. The Balaban J connectivity index is 1.51. The molecule has 0 saturated carbocycles. The van der Waals surface area contributed by atoms with Crippen molar-refractivity contribution in [3.63, 3.8) is 0 Å². The molecule has 2 amide bonds. The summed E-state index contributed by atoms with van der Waals surface area (Å²) in [7, 11) is 1.52. The number of benzene rings is 3. The lowest BCUT2D eigenvalue weighted by molar-refractivity contribution is -0.127. The summed E-state index contributed by atoms with van der Waals surface area (Å²) in [5.74, 6) is 0.412. The third-order valence-electron chi connectivity index (χ3n) is 6.01. The van der Waals surface area contributed by atoms with E-state index in [2.05, 4.69) is 5.32 Å². The van der Waals surface area contributed by atoms with Crippen LogP contribution in [0.1, 0.15) is 35.8 Å². The average molecular weight is 489 g/mol. The van der Waals surface area contributed by atoms with Crippen molar-refractivity contribution >= 4 is 23.3 Å². The number of nitrogens with zero attached hydrogens (tertiary/aromatic N) is 1. The number of hydrogen-bond acceptors (Lipinski definition) is 6. The van der Waals surface area contributed by atoms with E-state index in [9.17, 15) is 14.4 Å². The van der Waals surface area contributed by atoms with Gasteiger partial charge in [-0.15, -0.1) is 0 Å². The first kappa shape index (κ1) is 24.8. The lowest BCUT2D eigenvalue weighted by Gasteiger charge is -2.34. The summed E-state index contributed by atoms with van der Waals surface area (Å²) in [5.41, 5.74) is 1.65. The molecule has 0 unspecified atom stereocenters. The summed E-state index contributed by atoms with van der Waals surface area (Å²) < 4.78 is 16.5. The predicted octanol–water partition coefficient (Wildman–Crippen LogP) is 3.95. The van der Waals surface area contributed by atoms with Crippen molar-refractivity contribution < 1.29 is 28.6 Å². The number of ketones is 1. The summed E-state index contributed by atoms with van der Waals surface area (Å²) in [4.78, 5) is 40.2. The molecule has 0 radical (unpaired) electrons. The second kappa shape index (κ2) is 10.9. The summed E-state index contributed by atoms with van der Waals surface area (Å²) in [6.07, 6.45) is 0. The zero-order valence-corrected chi connectivity index (χ0v) is 20.4. The predicted molar refractivity (Wildman–Crippen MR) is 135 cm³/mol. The molecule has 1 aliphatic rings. The van der Waals surface area contributed by atoms with Crippen LogP contribution in [0.2, 0.25) is 0 Å². The van der Waals surface area contributed by atoms with E-state index in [0.29, 0.717) is 28.5 Å². The van der Waals surface area contributed by atoms with Crippen LogP contribution in [0.5, 0.6) is 17.2 Å². The highest BCUT2D eigenvalue weighted by atomic mass is 16.5. The van der Waals surface area contributed by atoms with Crippen LogP contribution in [-0.4, -0.2) is 44.0 Å². The van der Waals surface area contributed by atoms with Crippen LogP contribution < -0.4 is 24.4 Å². The van der Waals surface area contributed by atoms with Gasteiger partial charge in [0, 0.05) is 5.56 Å². The second-order valence-electron chi connectivity index (χ2n) is 8.41. The Bertz CT molecular complexity index is 1260. The third kappa shape index (κ3) is 5.33. The fraction of sp³-hybridized carbons (Fsp3) is 0.250. The maximum Gasteiger partial charge on any atom is 0.265 e. The first-order valence-electron chi connectivity index (χ1n) is 11.6. The van der Waals surface area contributed by atoms with Gasteiger partial charge < -0.3 is 19.5 Å².